The molecule has 1 heterocycles. The van der Waals surface area contributed by atoms with Crippen LogP contribution in [0, 0.1) is 24.5 Å². The zero-order chi connectivity index (χ0) is 23.4. The summed E-state index contributed by atoms with van der Waals surface area (Å²) in [7, 11) is 0. The molecule has 3 aromatic rings. The number of ether oxygens (including phenoxy) is 1. The number of aromatic nitrogens is 2. The minimum Gasteiger partial charge on any atom is -0.493 e. The van der Waals surface area contributed by atoms with E-state index in [9.17, 15) is 18.4 Å². The molecule has 0 fully saturated rings. The van der Waals surface area contributed by atoms with Crippen molar-refractivity contribution in [3.63, 3.8) is 0 Å². The Morgan fingerprint density at radius 1 is 1.22 bits per heavy atom. The van der Waals surface area contributed by atoms with E-state index in [1.807, 2.05) is 13.8 Å². The van der Waals surface area contributed by atoms with Gasteiger partial charge in [0, 0.05) is 27.9 Å². The maximum Gasteiger partial charge on any atom is 0.262 e. The number of carbonyl (C=O) groups excluding carboxylic acids is 2. The van der Waals surface area contributed by atoms with Crippen LogP contribution in [0.4, 0.5) is 14.6 Å². The van der Waals surface area contributed by atoms with Crippen LogP contribution in [-0.2, 0) is 6.54 Å². The second-order valence-electron chi connectivity index (χ2n) is 7.72. The van der Waals surface area contributed by atoms with Gasteiger partial charge in [-0.2, -0.15) is 5.10 Å². The average molecular weight is 462 g/mol. The van der Waals surface area contributed by atoms with Crippen molar-refractivity contribution in [1.82, 2.24) is 9.78 Å². The molecule has 0 radical (unpaired) electrons. The summed E-state index contributed by atoms with van der Waals surface area (Å²) >= 11 is 6.14. The summed E-state index contributed by atoms with van der Waals surface area (Å²) in [6.07, 6.45) is 0.299. The SMILES string of the molecule is Cc1cc(NC(=O)c2c(F)cc(C=O)cc2F)nn1Cc1cc(Cl)ccc1OCC(C)C. The number of hydrogen-bond donors (Lipinski definition) is 1. The van der Waals surface area contributed by atoms with Gasteiger partial charge in [0.2, 0.25) is 0 Å². The van der Waals surface area contributed by atoms with Gasteiger partial charge in [-0.05, 0) is 43.2 Å². The van der Waals surface area contributed by atoms with Crippen molar-refractivity contribution in [2.75, 3.05) is 11.9 Å². The Bertz CT molecular complexity index is 1140. The van der Waals surface area contributed by atoms with Crippen LogP contribution in [0.15, 0.2) is 36.4 Å². The molecule has 0 saturated carbocycles. The maximum absolute atomic E-state index is 14.1. The van der Waals surface area contributed by atoms with Crippen LogP contribution in [0.2, 0.25) is 5.02 Å². The van der Waals surface area contributed by atoms with Gasteiger partial charge in [0.05, 0.1) is 13.2 Å². The Balaban J connectivity index is 1.81. The molecule has 1 amide bonds. The third kappa shape index (κ3) is 5.50. The van der Waals surface area contributed by atoms with E-state index in [0.29, 0.717) is 41.8 Å². The van der Waals surface area contributed by atoms with Crippen molar-refractivity contribution < 1.29 is 23.1 Å². The molecule has 0 atom stereocenters. The fourth-order valence-electron chi connectivity index (χ4n) is 3.02. The minimum absolute atomic E-state index is 0.123. The molecule has 3 rings (SSSR count). The first kappa shape index (κ1) is 23.4. The van der Waals surface area contributed by atoms with Crippen LogP contribution >= 0.6 is 11.6 Å². The standard InChI is InChI=1S/C23H22ClF2N3O3/c1-13(2)12-32-20-5-4-17(24)9-16(20)10-29-14(3)6-21(28-29)27-23(31)22-18(25)7-15(11-30)8-19(22)26/h4-9,11,13H,10,12H2,1-3H3,(H,27,28,31). The van der Waals surface area contributed by atoms with E-state index in [4.69, 9.17) is 16.3 Å². The largest absolute Gasteiger partial charge is 0.493 e. The highest BCUT2D eigenvalue weighted by Crippen LogP contribution is 2.25. The molecule has 0 bridgehead atoms. The van der Waals surface area contributed by atoms with Gasteiger partial charge in [0.25, 0.3) is 5.91 Å². The molecule has 0 aliphatic heterocycles. The second kappa shape index (κ2) is 9.91. The number of aryl methyl sites for hydroxylation is 1. The van der Waals surface area contributed by atoms with E-state index in [0.717, 1.165) is 17.7 Å². The molecule has 0 aliphatic rings. The highest BCUT2D eigenvalue weighted by atomic mass is 35.5. The number of anilines is 1. The van der Waals surface area contributed by atoms with Crippen LogP contribution < -0.4 is 10.1 Å². The van der Waals surface area contributed by atoms with Crippen LogP contribution in [0.1, 0.15) is 45.8 Å². The Kier molecular flexibility index (Phi) is 7.25. The van der Waals surface area contributed by atoms with E-state index in [2.05, 4.69) is 10.4 Å². The molecule has 2 aromatic carbocycles. The van der Waals surface area contributed by atoms with Crippen molar-refractivity contribution >= 4 is 29.6 Å². The van der Waals surface area contributed by atoms with E-state index < -0.39 is 23.1 Å². The van der Waals surface area contributed by atoms with Gasteiger partial charge in [0.15, 0.2) is 5.82 Å². The first-order valence-corrected chi connectivity index (χ1v) is 10.3. The number of amides is 1. The Hall–Kier alpha value is -3.26. The first-order chi connectivity index (χ1) is 15.2. The zero-order valence-corrected chi connectivity index (χ0v) is 18.5. The van der Waals surface area contributed by atoms with Crippen LogP contribution in [0.5, 0.6) is 5.75 Å². The van der Waals surface area contributed by atoms with E-state index in [-0.39, 0.29) is 11.4 Å². The monoisotopic (exact) mass is 461 g/mol. The Morgan fingerprint density at radius 2 is 1.91 bits per heavy atom. The van der Waals surface area contributed by atoms with Crippen molar-refractivity contribution in [3.8, 4) is 5.75 Å². The zero-order valence-electron chi connectivity index (χ0n) is 17.8. The second-order valence-corrected chi connectivity index (χ2v) is 8.15. The predicted octanol–water partition coefficient (Wildman–Crippen LogP) is 5.27. The number of rotatable bonds is 8. The molecular formula is C23H22ClF2N3O3. The van der Waals surface area contributed by atoms with Crippen LogP contribution in [0.3, 0.4) is 0 Å². The Labute approximate surface area is 189 Å². The van der Waals surface area contributed by atoms with Crippen LogP contribution in [-0.4, -0.2) is 28.6 Å². The molecule has 0 spiro atoms. The van der Waals surface area contributed by atoms with E-state index >= 15 is 0 Å². The summed E-state index contributed by atoms with van der Waals surface area (Å²) < 4.78 is 35.7. The van der Waals surface area contributed by atoms with Gasteiger partial charge in [0.1, 0.15) is 29.2 Å². The third-order valence-electron chi connectivity index (χ3n) is 4.57. The van der Waals surface area contributed by atoms with Crippen molar-refractivity contribution in [2.24, 2.45) is 5.92 Å². The summed E-state index contributed by atoms with van der Waals surface area (Å²) in [4.78, 5) is 23.1. The van der Waals surface area contributed by atoms with Crippen molar-refractivity contribution in [2.45, 2.75) is 27.3 Å². The number of hydrogen-bond acceptors (Lipinski definition) is 4. The number of nitrogens with zero attached hydrogens (tertiary/aromatic N) is 2. The predicted molar refractivity (Wildman–Crippen MR) is 118 cm³/mol. The number of nitrogens with one attached hydrogen (secondary N) is 1. The smallest absolute Gasteiger partial charge is 0.262 e. The number of aldehydes is 1. The fraction of sp³-hybridized carbons (Fsp3) is 0.261. The maximum atomic E-state index is 14.1. The Morgan fingerprint density at radius 3 is 2.53 bits per heavy atom. The summed E-state index contributed by atoms with van der Waals surface area (Å²) in [5.41, 5.74) is 0.506. The fourth-order valence-corrected chi connectivity index (χ4v) is 3.21. The van der Waals surface area contributed by atoms with Crippen LogP contribution in [0.25, 0.3) is 0 Å². The summed E-state index contributed by atoms with van der Waals surface area (Å²) in [6, 6.07) is 8.47. The lowest BCUT2D eigenvalue weighted by Crippen LogP contribution is -2.17. The molecule has 0 saturated heterocycles. The lowest BCUT2D eigenvalue weighted by atomic mass is 10.1. The van der Waals surface area contributed by atoms with E-state index in [1.165, 1.54) is 0 Å². The van der Waals surface area contributed by atoms with Gasteiger partial charge in [-0.25, -0.2) is 8.78 Å². The van der Waals surface area contributed by atoms with Crippen molar-refractivity contribution in [1.29, 1.82) is 0 Å². The number of halogens is 3. The first-order valence-electron chi connectivity index (χ1n) is 9.89. The summed E-state index contributed by atoms with van der Waals surface area (Å²) in [5.74, 6) is -2.14. The molecule has 9 heteroatoms. The topological polar surface area (TPSA) is 73.2 Å². The van der Waals surface area contributed by atoms with Gasteiger partial charge in [-0.15, -0.1) is 0 Å². The molecule has 1 N–H and O–H groups in total. The lowest BCUT2D eigenvalue weighted by molar-refractivity contribution is 0.101. The highest BCUT2D eigenvalue weighted by Gasteiger charge is 2.20. The van der Waals surface area contributed by atoms with Gasteiger partial charge >= 0.3 is 0 Å². The summed E-state index contributed by atoms with van der Waals surface area (Å²) in [6.45, 7) is 6.71. The molecule has 32 heavy (non-hydrogen) atoms. The number of benzene rings is 2. The average Bonchev–Trinajstić information content (AvgIpc) is 3.05. The van der Waals surface area contributed by atoms with E-state index in [1.54, 1.807) is 35.9 Å². The lowest BCUT2D eigenvalue weighted by Gasteiger charge is -2.14. The number of carbonyl (C=O) groups is 2. The van der Waals surface area contributed by atoms with Crippen molar-refractivity contribution in [3.05, 3.63) is 75.4 Å². The normalized spacial score (nSPS) is 11.0. The third-order valence-corrected chi connectivity index (χ3v) is 4.80. The molecule has 0 unspecified atom stereocenters. The molecule has 6 nitrogen and oxygen atoms in total. The molecule has 168 valence electrons. The van der Waals surface area contributed by atoms with Gasteiger partial charge in [-0.1, -0.05) is 25.4 Å². The molecule has 0 aliphatic carbocycles. The minimum atomic E-state index is -1.13. The van der Waals surface area contributed by atoms with Gasteiger partial charge < -0.3 is 10.1 Å². The molecule has 1 aromatic heterocycles. The molecular weight excluding hydrogens is 440 g/mol. The quantitative estimate of drug-likeness (QED) is 0.464. The van der Waals surface area contributed by atoms with Gasteiger partial charge in [-0.3, -0.25) is 14.3 Å². The highest BCUT2D eigenvalue weighted by molar-refractivity contribution is 6.30. The summed E-state index contributed by atoms with van der Waals surface area (Å²) in [5, 5.41) is 7.25.